The van der Waals surface area contributed by atoms with E-state index in [-0.39, 0.29) is 5.54 Å². The van der Waals surface area contributed by atoms with E-state index in [0.717, 1.165) is 37.5 Å². The second-order valence-electron chi connectivity index (χ2n) is 5.27. The molecule has 1 aromatic heterocycles. The summed E-state index contributed by atoms with van der Waals surface area (Å²) < 4.78 is 2.30. The normalized spacial score (nSPS) is 24.1. The molecule has 0 radical (unpaired) electrons. The molecule has 1 aromatic rings. The Balaban J connectivity index is 1.98. The summed E-state index contributed by atoms with van der Waals surface area (Å²) in [6, 6.07) is 0. The van der Waals surface area contributed by atoms with E-state index < -0.39 is 0 Å². The molecule has 0 amide bonds. The largest absolute Gasteiger partial charge is 0.319 e. The van der Waals surface area contributed by atoms with Crippen molar-refractivity contribution in [3.8, 4) is 0 Å². The molecule has 0 atom stereocenters. The van der Waals surface area contributed by atoms with E-state index in [1.54, 1.807) is 0 Å². The van der Waals surface area contributed by atoms with Crippen LogP contribution in [0.25, 0.3) is 0 Å². The molecule has 88 valence electrons. The summed E-state index contributed by atoms with van der Waals surface area (Å²) >= 11 is 0. The van der Waals surface area contributed by atoms with Crippen molar-refractivity contribution >= 4 is 0 Å². The molecule has 2 heterocycles. The molecule has 2 aliphatic rings. The van der Waals surface area contributed by atoms with Crippen molar-refractivity contribution in [1.29, 1.82) is 0 Å². The fourth-order valence-corrected chi connectivity index (χ4v) is 3.08. The van der Waals surface area contributed by atoms with Crippen LogP contribution in [0.1, 0.15) is 56.6 Å². The molecular weight excluding hydrogens is 200 g/mol. The molecule has 3 rings (SSSR count). The average molecular weight is 220 g/mol. The maximum atomic E-state index is 6.48. The van der Waals surface area contributed by atoms with Gasteiger partial charge in [-0.3, -0.25) is 0 Å². The molecule has 0 saturated heterocycles. The maximum absolute atomic E-state index is 6.48. The lowest BCUT2D eigenvalue weighted by Gasteiger charge is -2.23. The Morgan fingerprint density at radius 2 is 1.81 bits per heavy atom. The molecule has 0 spiro atoms. The van der Waals surface area contributed by atoms with Gasteiger partial charge in [0.1, 0.15) is 5.82 Å². The van der Waals surface area contributed by atoms with Crippen molar-refractivity contribution in [3.05, 3.63) is 11.6 Å². The first-order valence-corrected chi connectivity index (χ1v) is 6.51. The van der Waals surface area contributed by atoms with Gasteiger partial charge in [-0.25, -0.2) is 0 Å². The van der Waals surface area contributed by atoms with Gasteiger partial charge in [-0.2, -0.15) is 0 Å². The second-order valence-corrected chi connectivity index (χ2v) is 5.27. The van der Waals surface area contributed by atoms with Crippen LogP contribution in [0.5, 0.6) is 0 Å². The molecule has 4 heteroatoms. The number of nitrogens with two attached hydrogens (primary N) is 1. The fourth-order valence-electron chi connectivity index (χ4n) is 3.08. The monoisotopic (exact) mass is 220 g/mol. The zero-order chi connectivity index (χ0) is 11.0. The highest BCUT2D eigenvalue weighted by Gasteiger charge is 2.36. The Labute approximate surface area is 96.2 Å². The topological polar surface area (TPSA) is 56.7 Å². The van der Waals surface area contributed by atoms with Crippen LogP contribution in [-0.4, -0.2) is 14.8 Å². The van der Waals surface area contributed by atoms with Crippen molar-refractivity contribution in [1.82, 2.24) is 14.8 Å². The van der Waals surface area contributed by atoms with E-state index in [4.69, 9.17) is 5.73 Å². The molecule has 1 saturated carbocycles. The minimum absolute atomic E-state index is 0.185. The highest BCUT2D eigenvalue weighted by molar-refractivity contribution is 5.11. The van der Waals surface area contributed by atoms with Gasteiger partial charge < -0.3 is 10.3 Å². The number of nitrogens with zero attached hydrogens (tertiary/aromatic N) is 3. The SMILES string of the molecule is NC1(c2nnc3n2CCCCC3)CCCC1. The molecule has 1 aliphatic heterocycles. The van der Waals surface area contributed by atoms with E-state index in [1.165, 1.54) is 32.1 Å². The van der Waals surface area contributed by atoms with Gasteiger partial charge in [0.2, 0.25) is 0 Å². The average Bonchev–Trinajstić information content (AvgIpc) is 2.81. The third-order valence-electron chi connectivity index (χ3n) is 4.05. The Morgan fingerprint density at radius 3 is 2.62 bits per heavy atom. The number of rotatable bonds is 1. The summed E-state index contributed by atoms with van der Waals surface area (Å²) in [6.45, 7) is 1.07. The number of hydrogen-bond donors (Lipinski definition) is 1. The smallest absolute Gasteiger partial charge is 0.153 e. The van der Waals surface area contributed by atoms with Gasteiger partial charge in [0.15, 0.2) is 5.82 Å². The van der Waals surface area contributed by atoms with Gasteiger partial charge in [-0.15, -0.1) is 10.2 Å². The first kappa shape index (κ1) is 10.3. The fraction of sp³-hybridized carbons (Fsp3) is 0.833. The summed E-state index contributed by atoms with van der Waals surface area (Å²) in [7, 11) is 0. The van der Waals surface area contributed by atoms with Crippen LogP contribution in [0.15, 0.2) is 0 Å². The molecular formula is C12H20N4. The summed E-state index contributed by atoms with van der Waals surface area (Å²) in [4.78, 5) is 0. The predicted octanol–water partition coefficient (Wildman–Crippen LogP) is 1.73. The first-order valence-electron chi connectivity index (χ1n) is 6.51. The van der Waals surface area contributed by atoms with Crippen molar-refractivity contribution in [3.63, 3.8) is 0 Å². The Hall–Kier alpha value is -0.900. The minimum atomic E-state index is -0.185. The van der Waals surface area contributed by atoms with Crippen LogP contribution in [0.4, 0.5) is 0 Å². The Bertz CT molecular complexity index is 376. The third-order valence-corrected chi connectivity index (χ3v) is 4.05. The van der Waals surface area contributed by atoms with Crippen LogP contribution in [0, 0.1) is 0 Å². The summed E-state index contributed by atoms with van der Waals surface area (Å²) in [5.41, 5.74) is 6.29. The van der Waals surface area contributed by atoms with Gasteiger partial charge in [0.05, 0.1) is 5.54 Å². The van der Waals surface area contributed by atoms with Gasteiger partial charge in [-0.05, 0) is 25.7 Å². The lowest BCUT2D eigenvalue weighted by molar-refractivity contribution is 0.403. The summed E-state index contributed by atoms with van der Waals surface area (Å²) in [5.74, 6) is 2.21. The second kappa shape index (κ2) is 3.84. The van der Waals surface area contributed by atoms with E-state index in [1.807, 2.05) is 0 Å². The highest BCUT2D eigenvalue weighted by atomic mass is 15.3. The molecule has 0 unspecified atom stereocenters. The number of fused-ring (bicyclic) bond motifs is 1. The summed E-state index contributed by atoms with van der Waals surface area (Å²) in [6.07, 6.45) is 9.49. The van der Waals surface area contributed by atoms with Crippen LogP contribution in [0.3, 0.4) is 0 Å². The lowest BCUT2D eigenvalue weighted by atomic mass is 9.98. The van der Waals surface area contributed by atoms with Crippen molar-refractivity contribution in [2.75, 3.05) is 0 Å². The predicted molar refractivity (Wildman–Crippen MR) is 61.9 cm³/mol. The third kappa shape index (κ3) is 1.56. The van der Waals surface area contributed by atoms with Crippen LogP contribution < -0.4 is 5.73 Å². The molecule has 0 bridgehead atoms. The molecule has 16 heavy (non-hydrogen) atoms. The van der Waals surface area contributed by atoms with E-state index >= 15 is 0 Å². The van der Waals surface area contributed by atoms with E-state index in [0.29, 0.717) is 0 Å². The van der Waals surface area contributed by atoms with Crippen molar-refractivity contribution < 1.29 is 0 Å². The van der Waals surface area contributed by atoms with Gasteiger partial charge in [0, 0.05) is 13.0 Å². The van der Waals surface area contributed by atoms with E-state index in [2.05, 4.69) is 14.8 Å². The van der Waals surface area contributed by atoms with E-state index in [9.17, 15) is 0 Å². The van der Waals surface area contributed by atoms with Crippen LogP contribution in [0.2, 0.25) is 0 Å². The molecule has 0 aromatic carbocycles. The molecule has 1 fully saturated rings. The zero-order valence-electron chi connectivity index (χ0n) is 9.78. The summed E-state index contributed by atoms with van der Waals surface area (Å²) in [5, 5.41) is 8.72. The Kier molecular flexibility index (Phi) is 2.46. The molecule has 4 nitrogen and oxygen atoms in total. The van der Waals surface area contributed by atoms with Gasteiger partial charge >= 0.3 is 0 Å². The minimum Gasteiger partial charge on any atom is -0.319 e. The molecule has 2 N–H and O–H groups in total. The van der Waals surface area contributed by atoms with Crippen molar-refractivity contribution in [2.45, 2.75) is 63.5 Å². The molecule has 1 aliphatic carbocycles. The van der Waals surface area contributed by atoms with Crippen molar-refractivity contribution in [2.24, 2.45) is 5.73 Å². The standard InChI is InChI=1S/C12H20N4/c13-12(7-3-4-8-12)11-15-14-10-6-2-1-5-9-16(10)11/h1-9,13H2. The Morgan fingerprint density at radius 1 is 1.00 bits per heavy atom. The van der Waals surface area contributed by atoms with Crippen LogP contribution in [-0.2, 0) is 18.5 Å². The maximum Gasteiger partial charge on any atom is 0.153 e. The van der Waals surface area contributed by atoms with Gasteiger partial charge in [-0.1, -0.05) is 19.3 Å². The lowest BCUT2D eigenvalue weighted by Crippen LogP contribution is -2.36. The first-order chi connectivity index (χ1) is 7.80. The van der Waals surface area contributed by atoms with Gasteiger partial charge in [0.25, 0.3) is 0 Å². The zero-order valence-corrected chi connectivity index (χ0v) is 9.78. The number of aryl methyl sites for hydroxylation is 1. The quantitative estimate of drug-likeness (QED) is 0.784. The number of hydrogen-bond acceptors (Lipinski definition) is 3. The highest BCUT2D eigenvalue weighted by Crippen LogP contribution is 2.36. The van der Waals surface area contributed by atoms with Crippen LogP contribution >= 0.6 is 0 Å². The number of aromatic nitrogens is 3.